The molecule has 78 valence electrons. The molecule has 0 aliphatic carbocycles. The summed E-state index contributed by atoms with van der Waals surface area (Å²) in [5.41, 5.74) is 1.07. The van der Waals surface area contributed by atoms with Crippen LogP contribution in [0.15, 0.2) is 18.2 Å². The zero-order valence-electron chi connectivity index (χ0n) is 7.93. The minimum atomic E-state index is 0.622. The molecule has 1 aromatic rings. The molecule has 0 bridgehead atoms. The lowest BCUT2D eigenvalue weighted by Crippen LogP contribution is -2.20. The molecule has 4 heteroatoms. The van der Waals surface area contributed by atoms with Crippen molar-refractivity contribution in [1.29, 1.82) is 0 Å². The van der Waals surface area contributed by atoms with E-state index in [1.54, 1.807) is 6.07 Å². The Morgan fingerprint density at radius 2 is 2.07 bits per heavy atom. The minimum absolute atomic E-state index is 0.622. The fourth-order valence-corrected chi connectivity index (χ4v) is 2.17. The highest BCUT2D eigenvalue weighted by molar-refractivity contribution is 9.09. The summed E-state index contributed by atoms with van der Waals surface area (Å²) < 4.78 is 0. The molecule has 0 aromatic heterocycles. The molecule has 0 fully saturated rings. The Morgan fingerprint density at radius 1 is 1.36 bits per heavy atom. The summed E-state index contributed by atoms with van der Waals surface area (Å²) in [5.74, 6) is 0. The monoisotopic (exact) mass is 295 g/mol. The number of hydrogen-bond acceptors (Lipinski definition) is 1. The van der Waals surface area contributed by atoms with E-state index in [-0.39, 0.29) is 0 Å². The number of benzene rings is 1. The van der Waals surface area contributed by atoms with Crippen LogP contribution in [-0.2, 0) is 6.54 Å². The molecule has 0 amide bonds. The van der Waals surface area contributed by atoms with Gasteiger partial charge in [-0.1, -0.05) is 51.3 Å². The molecule has 0 heterocycles. The van der Waals surface area contributed by atoms with E-state index in [2.05, 4.69) is 27.9 Å². The first-order chi connectivity index (χ1) is 6.65. The van der Waals surface area contributed by atoms with Crippen molar-refractivity contribution in [2.24, 2.45) is 0 Å². The predicted molar refractivity (Wildman–Crippen MR) is 66.6 cm³/mol. The molecular formula is C10H12BrCl2N. The maximum absolute atomic E-state index is 6.07. The Balaban J connectivity index is 2.71. The van der Waals surface area contributed by atoms with Crippen LogP contribution in [-0.4, -0.2) is 23.8 Å². The highest BCUT2D eigenvalue weighted by Gasteiger charge is 2.06. The van der Waals surface area contributed by atoms with E-state index in [1.165, 1.54) is 0 Å². The van der Waals surface area contributed by atoms with Crippen LogP contribution in [0.3, 0.4) is 0 Å². The molecule has 0 saturated heterocycles. The Morgan fingerprint density at radius 3 is 2.71 bits per heavy atom. The SMILES string of the molecule is CN(CCBr)Cc1cccc(Cl)c1Cl. The predicted octanol–water partition coefficient (Wildman–Crippen LogP) is 3.82. The van der Waals surface area contributed by atoms with Crippen LogP contribution in [0.2, 0.25) is 10.0 Å². The summed E-state index contributed by atoms with van der Waals surface area (Å²) >= 11 is 15.4. The van der Waals surface area contributed by atoms with Gasteiger partial charge in [-0.25, -0.2) is 0 Å². The Bertz CT molecular complexity index is 304. The van der Waals surface area contributed by atoms with Crippen molar-refractivity contribution in [3.63, 3.8) is 0 Å². The Kier molecular flexibility index (Phi) is 5.24. The quantitative estimate of drug-likeness (QED) is 0.764. The number of hydrogen-bond donors (Lipinski definition) is 0. The molecule has 14 heavy (non-hydrogen) atoms. The number of halogens is 3. The van der Waals surface area contributed by atoms with Crippen LogP contribution in [0.1, 0.15) is 5.56 Å². The molecule has 0 saturated carbocycles. The van der Waals surface area contributed by atoms with E-state index in [0.29, 0.717) is 10.0 Å². The molecule has 0 unspecified atom stereocenters. The Labute approximate surface area is 103 Å². The second kappa shape index (κ2) is 5.96. The van der Waals surface area contributed by atoms with Crippen LogP contribution in [0, 0.1) is 0 Å². The van der Waals surface area contributed by atoms with E-state index in [1.807, 2.05) is 12.1 Å². The molecule has 0 N–H and O–H groups in total. The largest absolute Gasteiger partial charge is 0.301 e. The highest BCUT2D eigenvalue weighted by atomic mass is 79.9. The molecule has 0 atom stereocenters. The zero-order valence-corrected chi connectivity index (χ0v) is 11.0. The van der Waals surface area contributed by atoms with E-state index < -0.39 is 0 Å². The normalized spacial score (nSPS) is 10.9. The fourth-order valence-electron chi connectivity index (χ4n) is 1.18. The van der Waals surface area contributed by atoms with Crippen molar-refractivity contribution < 1.29 is 0 Å². The van der Waals surface area contributed by atoms with Crippen LogP contribution in [0.4, 0.5) is 0 Å². The minimum Gasteiger partial charge on any atom is -0.301 e. The smallest absolute Gasteiger partial charge is 0.0637 e. The second-order valence-corrected chi connectivity index (χ2v) is 4.72. The lowest BCUT2D eigenvalue weighted by molar-refractivity contribution is 0.349. The van der Waals surface area contributed by atoms with Crippen molar-refractivity contribution in [3.8, 4) is 0 Å². The van der Waals surface area contributed by atoms with E-state index in [4.69, 9.17) is 23.2 Å². The van der Waals surface area contributed by atoms with E-state index in [9.17, 15) is 0 Å². The van der Waals surface area contributed by atoms with E-state index >= 15 is 0 Å². The third kappa shape index (κ3) is 3.43. The first-order valence-corrected chi connectivity index (χ1v) is 6.20. The van der Waals surface area contributed by atoms with Crippen LogP contribution in [0.5, 0.6) is 0 Å². The van der Waals surface area contributed by atoms with Gasteiger partial charge < -0.3 is 4.90 Å². The summed E-state index contributed by atoms with van der Waals surface area (Å²) in [7, 11) is 2.05. The van der Waals surface area contributed by atoms with Gasteiger partial charge in [0.15, 0.2) is 0 Å². The fraction of sp³-hybridized carbons (Fsp3) is 0.400. The van der Waals surface area contributed by atoms with Gasteiger partial charge in [0.1, 0.15) is 0 Å². The molecule has 0 spiro atoms. The average Bonchev–Trinajstić information content (AvgIpc) is 2.13. The van der Waals surface area contributed by atoms with Crippen LogP contribution < -0.4 is 0 Å². The molecule has 1 rings (SSSR count). The van der Waals surface area contributed by atoms with E-state index in [0.717, 1.165) is 24.0 Å². The van der Waals surface area contributed by atoms with Gasteiger partial charge in [-0.3, -0.25) is 0 Å². The van der Waals surface area contributed by atoms with Gasteiger partial charge >= 0.3 is 0 Å². The summed E-state index contributed by atoms with van der Waals surface area (Å²) in [4.78, 5) is 2.19. The molecule has 0 aliphatic rings. The van der Waals surface area contributed by atoms with Crippen molar-refractivity contribution in [3.05, 3.63) is 33.8 Å². The lowest BCUT2D eigenvalue weighted by atomic mass is 10.2. The van der Waals surface area contributed by atoms with Gasteiger partial charge in [0.2, 0.25) is 0 Å². The number of rotatable bonds is 4. The van der Waals surface area contributed by atoms with Crippen molar-refractivity contribution in [1.82, 2.24) is 4.90 Å². The highest BCUT2D eigenvalue weighted by Crippen LogP contribution is 2.26. The number of nitrogens with zero attached hydrogens (tertiary/aromatic N) is 1. The van der Waals surface area contributed by atoms with Gasteiger partial charge in [-0.15, -0.1) is 0 Å². The maximum Gasteiger partial charge on any atom is 0.0637 e. The summed E-state index contributed by atoms with van der Waals surface area (Å²) in [5, 5.41) is 2.24. The van der Waals surface area contributed by atoms with Crippen molar-refractivity contribution in [2.45, 2.75) is 6.54 Å². The molecule has 1 aromatic carbocycles. The van der Waals surface area contributed by atoms with Gasteiger partial charge in [0.25, 0.3) is 0 Å². The zero-order chi connectivity index (χ0) is 10.6. The molecular weight excluding hydrogens is 285 g/mol. The van der Waals surface area contributed by atoms with Crippen LogP contribution >= 0.6 is 39.1 Å². The van der Waals surface area contributed by atoms with Gasteiger partial charge in [0.05, 0.1) is 10.0 Å². The maximum atomic E-state index is 6.07. The van der Waals surface area contributed by atoms with Crippen molar-refractivity contribution >= 4 is 39.1 Å². The van der Waals surface area contributed by atoms with Crippen molar-refractivity contribution in [2.75, 3.05) is 18.9 Å². The van der Waals surface area contributed by atoms with Gasteiger partial charge in [0, 0.05) is 18.4 Å². The molecule has 0 aliphatic heterocycles. The summed E-state index contributed by atoms with van der Waals surface area (Å²) in [6, 6.07) is 5.72. The van der Waals surface area contributed by atoms with Gasteiger partial charge in [-0.05, 0) is 18.7 Å². The Hall–Kier alpha value is 0.240. The first-order valence-electron chi connectivity index (χ1n) is 4.32. The third-order valence-corrected chi connectivity index (χ3v) is 3.15. The summed E-state index contributed by atoms with van der Waals surface area (Å²) in [6.07, 6.45) is 0. The average molecular weight is 297 g/mol. The topological polar surface area (TPSA) is 3.24 Å². The molecule has 0 radical (unpaired) electrons. The first kappa shape index (κ1) is 12.3. The lowest BCUT2D eigenvalue weighted by Gasteiger charge is -2.16. The third-order valence-electron chi connectivity index (χ3n) is 1.94. The summed E-state index contributed by atoms with van der Waals surface area (Å²) in [6.45, 7) is 1.81. The standard InChI is InChI=1S/C10H12BrCl2N/c1-14(6-5-11)7-8-3-2-4-9(12)10(8)13/h2-4H,5-7H2,1H3. The molecule has 1 nitrogen and oxygen atoms in total. The number of alkyl halides is 1. The van der Waals surface area contributed by atoms with Crippen LogP contribution in [0.25, 0.3) is 0 Å². The second-order valence-electron chi connectivity index (χ2n) is 3.14. The van der Waals surface area contributed by atoms with Gasteiger partial charge in [-0.2, -0.15) is 0 Å².